The van der Waals surface area contributed by atoms with Gasteiger partial charge in [0, 0.05) is 43.1 Å². The van der Waals surface area contributed by atoms with Crippen molar-refractivity contribution >= 4 is 22.6 Å². The van der Waals surface area contributed by atoms with Gasteiger partial charge in [-0.15, -0.1) is 0 Å². The lowest BCUT2D eigenvalue weighted by Gasteiger charge is -2.15. The lowest BCUT2D eigenvalue weighted by molar-refractivity contribution is 0.628. The summed E-state index contributed by atoms with van der Waals surface area (Å²) in [5, 5.41) is 0.630. The molecule has 1 atom stereocenters. The first kappa shape index (κ1) is 23.4. The van der Waals surface area contributed by atoms with E-state index in [0.717, 1.165) is 5.56 Å². The van der Waals surface area contributed by atoms with E-state index < -0.39 is 6.04 Å². The molecule has 34 heavy (non-hydrogen) atoms. The fraction of sp³-hybridized carbons (Fsp3) is 0.115. The lowest BCUT2D eigenvalue weighted by atomic mass is 10.0. The van der Waals surface area contributed by atoms with Gasteiger partial charge in [0.25, 0.3) is 5.56 Å². The highest BCUT2D eigenvalue weighted by atomic mass is 35.5. The number of nitrogens with zero attached hydrogens (tertiary/aromatic N) is 4. The van der Waals surface area contributed by atoms with Crippen LogP contribution in [-0.2, 0) is 14.1 Å². The topological polar surface area (TPSA) is 78.7 Å². The minimum atomic E-state index is -0.459. The van der Waals surface area contributed by atoms with E-state index in [4.69, 9.17) is 22.3 Å². The minimum absolute atomic E-state index is 0.191. The number of fused-ring (bicyclic) bond motifs is 1. The molecule has 2 aromatic carbocycles. The van der Waals surface area contributed by atoms with Crippen molar-refractivity contribution < 1.29 is 4.39 Å². The Labute approximate surface area is 201 Å². The van der Waals surface area contributed by atoms with Crippen LogP contribution in [0.4, 0.5) is 4.39 Å². The lowest BCUT2D eigenvalue weighted by Crippen LogP contribution is -2.18. The molecule has 2 N–H and O–H groups in total. The van der Waals surface area contributed by atoms with Crippen LogP contribution in [0.3, 0.4) is 0 Å². The SMILES string of the molecule is Cn1c(=O)cc(-c2cccc(F)c2)c2nc(C(N)c3ccc(Cl)cc3)ccc21.Cn1ccnc1. The molecular formula is C26H23ClFN5O. The van der Waals surface area contributed by atoms with Crippen molar-refractivity contribution in [2.75, 3.05) is 0 Å². The zero-order valence-electron chi connectivity index (χ0n) is 18.7. The van der Waals surface area contributed by atoms with E-state index in [9.17, 15) is 9.18 Å². The van der Waals surface area contributed by atoms with Gasteiger partial charge >= 0.3 is 0 Å². The molecule has 3 aromatic heterocycles. The number of imidazole rings is 1. The molecule has 0 radical (unpaired) electrons. The van der Waals surface area contributed by atoms with Crippen LogP contribution in [0.5, 0.6) is 0 Å². The number of halogens is 2. The molecule has 5 rings (SSSR count). The van der Waals surface area contributed by atoms with Crippen LogP contribution in [0.25, 0.3) is 22.2 Å². The van der Waals surface area contributed by atoms with E-state index in [-0.39, 0.29) is 11.4 Å². The number of aromatic nitrogens is 4. The third-order valence-electron chi connectivity index (χ3n) is 5.43. The number of hydrogen-bond donors (Lipinski definition) is 1. The molecule has 5 aromatic rings. The van der Waals surface area contributed by atoms with Crippen molar-refractivity contribution in [1.82, 2.24) is 19.1 Å². The third kappa shape index (κ3) is 5.06. The largest absolute Gasteiger partial charge is 0.341 e. The van der Waals surface area contributed by atoms with Crippen LogP contribution in [0.15, 0.2) is 90.2 Å². The Bertz CT molecular complexity index is 1480. The molecule has 0 bridgehead atoms. The first-order chi connectivity index (χ1) is 16.3. The summed E-state index contributed by atoms with van der Waals surface area (Å²) in [5.41, 5.74) is 10.1. The molecule has 1 unspecified atom stereocenters. The molecule has 0 saturated carbocycles. The molecule has 0 saturated heterocycles. The van der Waals surface area contributed by atoms with E-state index in [1.165, 1.54) is 22.8 Å². The second-order valence-electron chi connectivity index (χ2n) is 7.83. The van der Waals surface area contributed by atoms with Crippen molar-refractivity contribution in [1.29, 1.82) is 0 Å². The van der Waals surface area contributed by atoms with Gasteiger partial charge in [-0.05, 0) is 47.5 Å². The summed E-state index contributed by atoms with van der Waals surface area (Å²) in [6.45, 7) is 0. The molecular weight excluding hydrogens is 453 g/mol. The Hall–Kier alpha value is -3.81. The Balaban J connectivity index is 0.000000398. The Kier molecular flexibility index (Phi) is 6.86. The molecule has 0 spiro atoms. The molecule has 3 heterocycles. The maximum atomic E-state index is 13.8. The van der Waals surface area contributed by atoms with Gasteiger partial charge in [-0.3, -0.25) is 4.79 Å². The standard InChI is InChI=1S/C22H17ClFN3O.C4H6N2/c1-27-19-10-9-18(21(25)13-5-7-15(23)8-6-13)26-22(19)17(12-20(27)28)14-3-2-4-16(24)11-14;1-6-3-2-5-4-6/h2-12,21H,25H2,1H3;2-4H,1H3. The fourth-order valence-electron chi connectivity index (χ4n) is 3.56. The van der Waals surface area contributed by atoms with Crippen LogP contribution in [-0.4, -0.2) is 19.1 Å². The Morgan fingerprint density at radius 2 is 1.79 bits per heavy atom. The summed E-state index contributed by atoms with van der Waals surface area (Å²) >= 11 is 5.95. The van der Waals surface area contributed by atoms with Crippen LogP contribution in [0.1, 0.15) is 17.3 Å². The summed E-state index contributed by atoms with van der Waals surface area (Å²) in [4.78, 5) is 20.9. The van der Waals surface area contributed by atoms with Gasteiger partial charge in [-0.2, -0.15) is 0 Å². The monoisotopic (exact) mass is 475 g/mol. The summed E-state index contributed by atoms with van der Waals surface area (Å²) in [6.07, 6.45) is 5.39. The van der Waals surface area contributed by atoms with Crippen molar-refractivity contribution in [2.45, 2.75) is 6.04 Å². The van der Waals surface area contributed by atoms with E-state index in [2.05, 4.69) is 4.98 Å². The van der Waals surface area contributed by atoms with Gasteiger partial charge in [0.05, 0.1) is 29.1 Å². The minimum Gasteiger partial charge on any atom is -0.341 e. The first-order valence-electron chi connectivity index (χ1n) is 10.5. The highest BCUT2D eigenvalue weighted by Gasteiger charge is 2.15. The average Bonchev–Trinajstić information content (AvgIpc) is 3.32. The molecule has 0 amide bonds. The summed E-state index contributed by atoms with van der Waals surface area (Å²) in [6, 6.07) is 18.0. The van der Waals surface area contributed by atoms with Crippen LogP contribution in [0.2, 0.25) is 5.02 Å². The molecule has 8 heteroatoms. The zero-order valence-corrected chi connectivity index (χ0v) is 19.4. The Morgan fingerprint density at radius 3 is 2.41 bits per heavy atom. The van der Waals surface area contributed by atoms with Gasteiger partial charge in [0.2, 0.25) is 0 Å². The molecule has 172 valence electrons. The van der Waals surface area contributed by atoms with Gasteiger partial charge < -0.3 is 14.9 Å². The summed E-state index contributed by atoms with van der Waals surface area (Å²) < 4.78 is 17.2. The van der Waals surface area contributed by atoms with Crippen molar-refractivity contribution in [3.8, 4) is 11.1 Å². The molecule has 0 aliphatic heterocycles. The van der Waals surface area contributed by atoms with Crippen molar-refractivity contribution in [3.05, 3.63) is 118 Å². The second-order valence-corrected chi connectivity index (χ2v) is 8.26. The fourth-order valence-corrected chi connectivity index (χ4v) is 3.69. The van der Waals surface area contributed by atoms with Gasteiger partial charge in [0.15, 0.2) is 0 Å². The van der Waals surface area contributed by atoms with Gasteiger partial charge in [-0.25, -0.2) is 14.4 Å². The predicted octanol–water partition coefficient (Wildman–Crippen LogP) is 4.86. The number of aryl methyl sites for hydroxylation is 2. The van der Waals surface area contributed by atoms with Crippen LogP contribution in [0, 0.1) is 5.82 Å². The number of benzene rings is 2. The number of hydrogen-bond acceptors (Lipinski definition) is 4. The molecule has 0 fully saturated rings. The molecule has 0 aliphatic carbocycles. The zero-order chi connectivity index (χ0) is 24.2. The highest BCUT2D eigenvalue weighted by Crippen LogP contribution is 2.28. The number of nitrogens with two attached hydrogens (primary N) is 1. The number of pyridine rings is 2. The van der Waals surface area contributed by atoms with E-state index in [0.29, 0.717) is 32.9 Å². The van der Waals surface area contributed by atoms with E-state index >= 15 is 0 Å². The normalized spacial score (nSPS) is 11.7. The maximum Gasteiger partial charge on any atom is 0.251 e. The van der Waals surface area contributed by atoms with Crippen molar-refractivity contribution in [2.24, 2.45) is 19.8 Å². The maximum absolute atomic E-state index is 13.8. The second kappa shape index (κ2) is 9.99. The van der Waals surface area contributed by atoms with Gasteiger partial charge in [-0.1, -0.05) is 35.9 Å². The summed E-state index contributed by atoms with van der Waals surface area (Å²) in [5.74, 6) is -0.375. The Morgan fingerprint density at radius 1 is 1.03 bits per heavy atom. The van der Waals surface area contributed by atoms with Crippen LogP contribution < -0.4 is 11.3 Å². The molecule has 0 aliphatic rings. The highest BCUT2D eigenvalue weighted by molar-refractivity contribution is 6.30. The van der Waals surface area contributed by atoms with Gasteiger partial charge in [0.1, 0.15) is 5.82 Å². The van der Waals surface area contributed by atoms with E-state index in [1.54, 1.807) is 49.9 Å². The van der Waals surface area contributed by atoms with Crippen molar-refractivity contribution in [3.63, 3.8) is 0 Å². The van der Waals surface area contributed by atoms with E-state index in [1.807, 2.05) is 36.0 Å². The first-order valence-corrected chi connectivity index (χ1v) is 10.9. The number of rotatable bonds is 3. The average molecular weight is 476 g/mol. The smallest absolute Gasteiger partial charge is 0.251 e. The summed E-state index contributed by atoms with van der Waals surface area (Å²) in [7, 11) is 3.62. The molecule has 6 nitrogen and oxygen atoms in total. The van der Waals surface area contributed by atoms with Crippen LogP contribution >= 0.6 is 11.6 Å². The predicted molar refractivity (Wildman–Crippen MR) is 133 cm³/mol. The quantitative estimate of drug-likeness (QED) is 0.404. The third-order valence-corrected chi connectivity index (χ3v) is 5.68.